The van der Waals surface area contributed by atoms with E-state index in [9.17, 15) is 41.9 Å². The molecule has 14 nitrogen and oxygen atoms in total. The number of anilines is 1. The number of carboxylic acids is 1. The first-order chi connectivity index (χ1) is 24.6. The van der Waals surface area contributed by atoms with Crippen molar-refractivity contribution in [1.29, 1.82) is 0 Å². The molecule has 16 heteroatoms. The number of likely N-dealkylation sites (N-methyl/N-ethyl adjacent to an activating group) is 1. The number of carboxylic acid groups (broad SMARTS) is 1. The van der Waals surface area contributed by atoms with Crippen LogP contribution in [0.5, 0.6) is 0 Å². The summed E-state index contributed by atoms with van der Waals surface area (Å²) in [7, 11) is -1.28. The highest BCUT2D eigenvalue weighted by Crippen LogP contribution is 2.48. The molecule has 272 valence electrons. The molecule has 1 saturated carbocycles. The van der Waals surface area contributed by atoms with Gasteiger partial charge in [-0.25, -0.2) is 17.6 Å². The molecule has 4 N–H and O–H groups in total. The number of ketones is 1. The minimum absolute atomic E-state index is 0.0440. The number of nitrogens with zero attached hydrogens (tertiary/aromatic N) is 2. The molecule has 3 amide bonds. The van der Waals surface area contributed by atoms with Crippen molar-refractivity contribution in [2.45, 2.75) is 25.3 Å². The summed E-state index contributed by atoms with van der Waals surface area (Å²) < 4.78 is 47.2. The zero-order valence-electron chi connectivity index (χ0n) is 28.3. The molecule has 5 rings (SSSR count). The number of hydrogen-bond donors (Lipinski definition) is 4. The number of sulfonamides is 1. The van der Waals surface area contributed by atoms with Gasteiger partial charge in [0.15, 0.2) is 0 Å². The van der Waals surface area contributed by atoms with Gasteiger partial charge in [0.1, 0.15) is 29.5 Å². The Hall–Kier alpha value is -6.03. The van der Waals surface area contributed by atoms with E-state index in [2.05, 4.69) is 10.6 Å². The summed E-state index contributed by atoms with van der Waals surface area (Å²) in [6.07, 6.45) is 3.02. The normalized spacial score (nSPS) is 13.0. The van der Waals surface area contributed by atoms with Crippen molar-refractivity contribution in [2.75, 3.05) is 37.7 Å². The van der Waals surface area contributed by atoms with E-state index in [0.29, 0.717) is 28.2 Å². The summed E-state index contributed by atoms with van der Waals surface area (Å²) in [6, 6.07) is 14.6. The first-order valence-corrected chi connectivity index (χ1v) is 17.8. The number of hydrogen-bond acceptors (Lipinski definition) is 9. The minimum Gasteiger partial charge on any atom is -0.507 e. The quantitative estimate of drug-likeness (QED) is 0.0843. The van der Waals surface area contributed by atoms with Crippen molar-refractivity contribution < 1.29 is 51.4 Å². The summed E-state index contributed by atoms with van der Waals surface area (Å²) >= 11 is 0. The number of nitrogens with one attached hydrogen (secondary N) is 2. The Morgan fingerprint density at radius 3 is 2.31 bits per heavy atom. The Kier molecular flexibility index (Phi) is 10.8. The Labute approximate surface area is 297 Å². The number of aliphatic carboxylic acids is 1. The molecular formula is C36H35FN4O10S. The summed E-state index contributed by atoms with van der Waals surface area (Å²) in [6.45, 7) is -1.13. The van der Waals surface area contributed by atoms with Gasteiger partial charge in [0.2, 0.25) is 21.8 Å². The summed E-state index contributed by atoms with van der Waals surface area (Å²) in [4.78, 5) is 62.5. The van der Waals surface area contributed by atoms with Crippen LogP contribution in [0.3, 0.4) is 0 Å². The van der Waals surface area contributed by atoms with Gasteiger partial charge in [-0.3, -0.25) is 23.5 Å². The lowest BCUT2D eigenvalue weighted by Gasteiger charge is -2.27. The Bertz CT molecular complexity index is 2230. The van der Waals surface area contributed by atoms with Gasteiger partial charge in [-0.15, -0.1) is 0 Å². The number of halogens is 1. The topological polar surface area (TPSA) is 204 Å². The summed E-state index contributed by atoms with van der Waals surface area (Å²) in [5, 5.41) is 24.5. The highest BCUT2D eigenvalue weighted by Gasteiger charge is 2.34. The maximum Gasteiger partial charge on any atom is 0.376 e. The SMILES string of the molecule is CNC(=O)c1c(-c2ccc(F)cc2)oc2cc(N(CC(=O)N(C)CC(=O)NCc3cccc(C(O)=CC(=O)C(=O)O)c3)S(C)(=O)=O)c(C3CC3)cc12. The van der Waals surface area contributed by atoms with Gasteiger partial charge < -0.3 is 30.2 Å². The van der Waals surface area contributed by atoms with Crippen LogP contribution in [0.4, 0.5) is 10.1 Å². The second kappa shape index (κ2) is 15.1. The molecule has 0 aliphatic heterocycles. The fourth-order valence-corrected chi connectivity index (χ4v) is 6.40. The van der Waals surface area contributed by atoms with Gasteiger partial charge in [-0.1, -0.05) is 18.2 Å². The van der Waals surface area contributed by atoms with Crippen LogP contribution in [-0.4, -0.2) is 86.4 Å². The van der Waals surface area contributed by atoms with Crippen LogP contribution in [0.15, 0.2) is 71.2 Å². The summed E-state index contributed by atoms with van der Waals surface area (Å²) in [5.41, 5.74) is 2.21. The van der Waals surface area contributed by atoms with E-state index in [1.807, 2.05) is 0 Å². The lowest BCUT2D eigenvalue weighted by molar-refractivity contribution is -0.146. The standard InChI is InChI=1S/C36H35FN4O10S/c1-38-35(46)33-26-14-25(21-7-8-21)27(15-30(26)51-34(33)22-9-11-24(37)12-10-22)41(52(3,49)50)19-32(45)40(2)18-31(44)39-17-20-5-4-6-23(13-20)28(42)16-29(43)36(47)48/h4-6,9-16,21,42H,7-8,17-19H2,1-3H3,(H,38,46)(H,39,44)(H,47,48). The third kappa shape index (κ3) is 8.46. The van der Waals surface area contributed by atoms with E-state index in [1.165, 1.54) is 62.6 Å². The number of rotatable bonds is 14. The van der Waals surface area contributed by atoms with E-state index in [1.54, 1.807) is 12.1 Å². The molecule has 0 unspecified atom stereocenters. The average Bonchev–Trinajstić information content (AvgIpc) is 3.88. The predicted molar refractivity (Wildman–Crippen MR) is 188 cm³/mol. The summed E-state index contributed by atoms with van der Waals surface area (Å²) in [5.74, 6) is -5.72. The molecule has 1 fully saturated rings. The number of aliphatic hydroxyl groups excluding tert-OH is 1. The molecule has 52 heavy (non-hydrogen) atoms. The van der Waals surface area contributed by atoms with Crippen molar-refractivity contribution >= 4 is 61.9 Å². The first-order valence-electron chi connectivity index (χ1n) is 15.9. The lowest BCUT2D eigenvalue weighted by Crippen LogP contribution is -2.44. The van der Waals surface area contributed by atoms with Crippen LogP contribution in [0.25, 0.3) is 28.1 Å². The van der Waals surface area contributed by atoms with Crippen LogP contribution < -0.4 is 14.9 Å². The minimum atomic E-state index is -4.08. The molecule has 1 aliphatic carbocycles. The molecule has 0 saturated heterocycles. The number of carbonyl (C=O) groups excluding carboxylic acids is 4. The molecule has 3 aromatic carbocycles. The van der Waals surface area contributed by atoms with Crippen molar-refractivity contribution in [3.05, 3.63) is 94.8 Å². The zero-order valence-corrected chi connectivity index (χ0v) is 29.1. The van der Waals surface area contributed by atoms with E-state index in [0.717, 1.165) is 28.3 Å². The highest BCUT2D eigenvalue weighted by molar-refractivity contribution is 7.92. The molecule has 4 aromatic rings. The molecular weight excluding hydrogens is 699 g/mol. The third-order valence-corrected chi connectivity index (χ3v) is 9.49. The van der Waals surface area contributed by atoms with Gasteiger partial charge in [0.25, 0.3) is 11.7 Å². The monoisotopic (exact) mass is 734 g/mol. The van der Waals surface area contributed by atoms with Crippen LogP contribution >= 0.6 is 0 Å². The number of benzene rings is 3. The number of carbonyl (C=O) groups is 5. The van der Waals surface area contributed by atoms with Crippen molar-refractivity contribution in [3.63, 3.8) is 0 Å². The zero-order chi connectivity index (χ0) is 37.9. The average molecular weight is 735 g/mol. The van der Waals surface area contributed by atoms with E-state index >= 15 is 0 Å². The van der Waals surface area contributed by atoms with E-state index in [4.69, 9.17) is 9.52 Å². The van der Waals surface area contributed by atoms with Gasteiger partial charge in [0.05, 0.1) is 24.1 Å². The largest absolute Gasteiger partial charge is 0.507 e. The Morgan fingerprint density at radius 2 is 1.69 bits per heavy atom. The molecule has 0 bridgehead atoms. The van der Waals surface area contributed by atoms with Crippen molar-refractivity contribution in [2.24, 2.45) is 0 Å². The lowest BCUT2D eigenvalue weighted by atomic mass is 10.0. The van der Waals surface area contributed by atoms with Gasteiger partial charge in [0, 0.05) is 49.3 Å². The number of aliphatic hydroxyl groups is 1. The van der Waals surface area contributed by atoms with E-state index in [-0.39, 0.29) is 40.6 Å². The molecule has 0 radical (unpaired) electrons. The van der Waals surface area contributed by atoms with Crippen LogP contribution in [0.1, 0.15) is 45.8 Å². The van der Waals surface area contributed by atoms with Gasteiger partial charge in [-0.2, -0.15) is 0 Å². The third-order valence-electron chi connectivity index (χ3n) is 8.36. The first kappa shape index (κ1) is 37.2. The number of fused-ring (bicyclic) bond motifs is 1. The fraction of sp³-hybridized carbons (Fsp3) is 0.250. The predicted octanol–water partition coefficient (Wildman–Crippen LogP) is 3.57. The Morgan fingerprint density at radius 1 is 1.00 bits per heavy atom. The molecule has 1 aliphatic rings. The van der Waals surface area contributed by atoms with Gasteiger partial charge >= 0.3 is 5.97 Å². The number of furan rings is 1. The Balaban J connectivity index is 1.36. The molecule has 1 heterocycles. The van der Waals surface area contributed by atoms with Crippen LogP contribution in [0, 0.1) is 5.82 Å². The smallest absolute Gasteiger partial charge is 0.376 e. The molecule has 0 spiro atoms. The molecule has 1 aromatic heterocycles. The van der Waals surface area contributed by atoms with Crippen LogP contribution in [-0.2, 0) is 35.7 Å². The maximum absolute atomic E-state index is 13.7. The van der Waals surface area contributed by atoms with Gasteiger partial charge in [-0.05, 0) is 66.3 Å². The number of amides is 3. The van der Waals surface area contributed by atoms with Crippen LogP contribution in [0.2, 0.25) is 0 Å². The van der Waals surface area contributed by atoms with E-state index < -0.39 is 64.2 Å². The van der Waals surface area contributed by atoms with Crippen molar-refractivity contribution in [1.82, 2.24) is 15.5 Å². The molecule has 0 atom stereocenters. The fourth-order valence-electron chi connectivity index (χ4n) is 5.54. The second-order valence-electron chi connectivity index (χ2n) is 12.3. The maximum atomic E-state index is 13.7. The highest BCUT2D eigenvalue weighted by atomic mass is 32.2. The van der Waals surface area contributed by atoms with Crippen molar-refractivity contribution in [3.8, 4) is 11.3 Å². The second-order valence-corrected chi connectivity index (χ2v) is 14.2.